The molecule has 3 N–H and O–H groups in total. The number of carbonyl (C=O) groups excluding carboxylic acids is 2. The molecular weight excluding hydrogens is 621 g/mol. The van der Waals surface area contributed by atoms with E-state index in [-0.39, 0.29) is 40.6 Å². The van der Waals surface area contributed by atoms with Gasteiger partial charge < -0.3 is 10.4 Å². The van der Waals surface area contributed by atoms with Gasteiger partial charge in [0.2, 0.25) is 11.9 Å². The number of hydrogen-bond acceptors (Lipinski definition) is 6. The van der Waals surface area contributed by atoms with Gasteiger partial charge in [-0.1, -0.05) is 51.3 Å². The number of amides is 2. The van der Waals surface area contributed by atoms with Crippen molar-refractivity contribution in [2.45, 2.75) is 36.9 Å². The van der Waals surface area contributed by atoms with Crippen LogP contribution in [0.4, 0.5) is 11.6 Å². The Kier molecular flexibility index (Phi) is 8.22. The molecule has 0 spiro atoms. The van der Waals surface area contributed by atoms with E-state index < -0.39 is 33.4 Å². The topological polar surface area (TPSA) is 134 Å². The van der Waals surface area contributed by atoms with E-state index in [9.17, 15) is 18.0 Å². The number of aliphatic hydroxyl groups is 1. The first-order valence-electron chi connectivity index (χ1n) is 11.4. The van der Waals surface area contributed by atoms with Gasteiger partial charge in [-0.15, -0.1) is 0 Å². The number of benzene rings is 2. The van der Waals surface area contributed by atoms with Crippen LogP contribution in [0.2, 0.25) is 10.0 Å². The third-order valence-corrected chi connectivity index (χ3v) is 8.51. The van der Waals surface area contributed by atoms with E-state index in [1.165, 1.54) is 34.6 Å². The highest BCUT2D eigenvalue weighted by Crippen LogP contribution is 2.44. The van der Waals surface area contributed by atoms with Crippen molar-refractivity contribution in [3.63, 3.8) is 0 Å². The molecule has 0 unspecified atom stereocenters. The molecule has 14 heteroatoms. The van der Waals surface area contributed by atoms with Crippen LogP contribution in [-0.2, 0) is 31.6 Å². The van der Waals surface area contributed by atoms with Gasteiger partial charge >= 0.3 is 0 Å². The van der Waals surface area contributed by atoms with Crippen LogP contribution in [-0.4, -0.2) is 54.1 Å². The maximum Gasteiger partial charge on any atom is 0.260 e. The summed E-state index contributed by atoms with van der Waals surface area (Å²) < 4.78 is 31.5. The number of aliphatic hydroxyl groups excluding tert-OH is 1. The van der Waals surface area contributed by atoms with Crippen molar-refractivity contribution >= 4 is 72.6 Å². The van der Waals surface area contributed by atoms with Crippen molar-refractivity contribution in [3.8, 4) is 0 Å². The smallest absolute Gasteiger partial charge is 0.260 e. The molecule has 3 aromatic rings. The summed E-state index contributed by atoms with van der Waals surface area (Å²) in [6.07, 6.45) is 1.28. The molecule has 0 aliphatic carbocycles. The third kappa shape index (κ3) is 5.47. The van der Waals surface area contributed by atoms with E-state index in [0.29, 0.717) is 5.69 Å². The number of halogens is 3. The summed E-state index contributed by atoms with van der Waals surface area (Å²) >= 11 is 15.8. The Morgan fingerprint density at radius 2 is 1.82 bits per heavy atom. The fraction of sp³-hybridized carbons (Fsp3) is 0.292. The van der Waals surface area contributed by atoms with E-state index in [1.807, 2.05) is 24.3 Å². The first kappa shape index (κ1) is 28.5. The number of fused-ring (bicyclic) bond motifs is 1. The molecule has 2 heterocycles. The quantitative estimate of drug-likeness (QED) is 0.327. The summed E-state index contributed by atoms with van der Waals surface area (Å²) in [5.41, 5.74) is -0.309. The highest BCUT2D eigenvalue weighted by molar-refractivity contribution is 9.10. The molecular formula is C24H24BrCl2N5O5S. The van der Waals surface area contributed by atoms with Gasteiger partial charge in [0.15, 0.2) is 5.03 Å². The van der Waals surface area contributed by atoms with Crippen LogP contribution in [0.5, 0.6) is 0 Å². The van der Waals surface area contributed by atoms with Gasteiger partial charge in [0.1, 0.15) is 5.54 Å². The Balaban J connectivity index is 1.83. The maximum absolute atomic E-state index is 14.0. The highest BCUT2D eigenvalue weighted by Gasteiger charge is 2.52. The van der Waals surface area contributed by atoms with Gasteiger partial charge in [0.25, 0.3) is 15.9 Å². The molecule has 1 aromatic heterocycles. The standard InChI is InChI=1S/C24H24BrCl2N5O5S/c1-14(21(34)28-7-8-33)30-38(36,37)20-13-29-23-31(19-10-17(26)9-18(27)11-19)22(35)24(2,32(20)23)12-15-3-5-16(25)6-4-15/h3-6,9-11,13-14,30,33H,7-8,12H2,1-2H3,(H,28,34)/t14-,24+/m0/s1. The molecule has 38 heavy (non-hydrogen) atoms. The molecule has 0 bridgehead atoms. The summed E-state index contributed by atoms with van der Waals surface area (Å²) in [6, 6.07) is 10.8. The van der Waals surface area contributed by atoms with E-state index >= 15 is 0 Å². The SMILES string of the molecule is C[C@H](NS(=O)(=O)c1cnc2n1[C@](C)(Cc1ccc(Br)cc1)C(=O)N2c1cc(Cl)cc(Cl)c1)C(=O)NCCO. The zero-order valence-corrected chi connectivity index (χ0v) is 24.2. The maximum atomic E-state index is 14.0. The number of aromatic nitrogens is 2. The normalized spacial score (nSPS) is 17.9. The van der Waals surface area contributed by atoms with Crippen molar-refractivity contribution in [3.05, 3.63) is 68.7 Å². The van der Waals surface area contributed by atoms with Crippen LogP contribution in [0, 0.1) is 0 Å². The van der Waals surface area contributed by atoms with Gasteiger partial charge in [0, 0.05) is 27.5 Å². The van der Waals surface area contributed by atoms with Crippen LogP contribution in [0.15, 0.2) is 58.2 Å². The molecule has 2 aromatic carbocycles. The number of imidazole rings is 1. The fourth-order valence-corrected chi connectivity index (χ4v) is 6.49. The second kappa shape index (κ2) is 10.9. The molecule has 2 atom stereocenters. The lowest BCUT2D eigenvalue weighted by Crippen LogP contribution is -2.47. The lowest BCUT2D eigenvalue weighted by Gasteiger charge is -2.27. The number of anilines is 2. The number of rotatable bonds is 9. The molecule has 0 fully saturated rings. The Morgan fingerprint density at radius 3 is 2.42 bits per heavy atom. The summed E-state index contributed by atoms with van der Waals surface area (Å²) in [5.74, 6) is -0.995. The van der Waals surface area contributed by atoms with Gasteiger partial charge in [-0.25, -0.2) is 18.3 Å². The predicted octanol–water partition coefficient (Wildman–Crippen LogP) is 3.36. The average Bonchev–Trinajstić information content (AvgIpc) is 3.37. The van der Waals surface area contributed by atoms with Gasteiger partial charge in [0.05, 0.1) is 24.5 Å². The minimum atomic E-state index is -4.34. The molecule has 0 saturated carbocycles. The minimum absolute atomic E-state index is 0.0239. The minimum Gasteiger partial charge on any atom is -0.395 e. The van der Waals surface area contributed by atoms with Crippen molar-refractivity contribution in [1.82, 2.24) is 19.6 Å². The van der Waals surface area contributed by atoms with Crippen molar-refractivity contribution in [2.75, 3.05) is 18.1 Å². The van der Waals surface area contributed by atoms with E-state index in [0.717, 1.165) is 16.2 Å². The number of hydrogen-bond donors (Lipinski definition) is 3. The lowest BCUT2D eigenvalue weighted by molar-refractivity contribution is -0.124. The van der Waals surface area contributed by atoms with Gasteiger partial charge in [-0.3, -0.25) is 14.2 Å². The fourth-order valence-electron chi connectivity index (χ4n) is 4.30. The monoisotopic (exact) mass is 643 g/mol. The average molecular weight is 645 g/mol. The number of carbonyl (C=O) groups is 2. The first-order valence-corrected chi connectivity index (χ1v) is 14.4. The predicted molar refractivity (Wildman–Crippen MR) is 147 cm³/mol. The van der Waals surface area contributed by atoms with Crippen molar-refractivity contribution in [2.24, 2.45) is 0 Å². The number of nitrogens with zero attached hydrogens (tertiary/aromatic N) is 3. The summed E-state index contributed by atoms with van der Waals surface area (Å²) in [5, 5.41) is 11.6. The zero-order valence-electron chi connectivity index (χ0n) is 20.3. The Hall–Kier alpha value is -2.48. The lowest BCUT2D eigenvalue weighted by atomic mass is 9.92. The van der Waals surface area contributed by atoms with E-state index in [1.54, 1.807) is 6.92 Å². The number of sulfonamides is 1. The molecule has 0 radical (unpaired) electrons. The summed E-state index contributed by atoms with van der Waals surface area (Å²) in [4.78, 5) is 31.9. The van der Waals surface area contributed by atoms with Crippen molar-refractivity contribution in [1.29, 1.82) is 0 Å². The molecule has 1 aliphatic heterocycles. The molecule has 0 saturated heterocycles. The second-order valence-corrected chi connectivity index (χ2v) is 12.4. The third-order valence-electron chi connectivity index (χ3n) is 6.05. The number of nitrogens with one attached hydrogen (secondary N) is 2. The highest BCUT2D eigenvalue weighted by atomic mass is 79.9. The second-order valence-electron chi connectivity index (χ2n) is 8.93. The summed E-state index contributed by atoms with van der Waals surface area (Å²) in [6.45, 7) is 2.69. The van der Waals surface area contributed by atoms with Crippen LogP contribution in [0.3, 0.4) is 0 Å². The van der Waals surface area contributed by atoms with Crippen LogP contribution in [0.1, 0.15) is 19.4 Å². The van der Waals surface area contributed by atoms with Crippen molar-refractivity contribution < 1.29 is 23.1 Å². The molecule has 202 valence electrons. The first-order chi connectivity index (χ1) is 17.9. The van der Waals surface area contributed by atoms with Crippen LogP contribution < -0.4 is 14.9 Å². The van der Waals surface area contributed by atoms with E-state index in [4.69, 9.17) is 28.3 Å². The molecule has 2 amide bonds. The Labute approximate surface area is 238 Å². The van der Waals surface area contributed by atoms with Gasteiger partial charge in [-0.05, 0) is 49.7 Å². The van der Waals surface area contributed by atoms with E-state index in [2.05, 4.69) is 31.0 Å². The summed E-state index contributed by atoms with van der Waals surface area (Å²) in [7, 11) is -4.34. The van der Waals surface area contributed by atoms with Crippen LogP contribution in [0.25, 0.3) is 0 Å². The molecule has 1 aliphatic rings. The van der Waals surface area contributed by atoms with Gasteiger partial charge in [-0.2, -0.15) is 4.72 Å². The zero-order chi connectivity index (χ0) is 27.8. The van der Waals surface area contributed by atoms with Crippen LogP contribution >= 0.6 is 39.1 Å². The Bertz CT molecular complexity index is 1480. The molecule has 10 nitrogen and oxygen atoms in total. The molecule has 4 rings (SSSR count). The Morgan fingerprint density at radius 1 is 1.18 bits per heavy atom. The largest absolute Gasteiger partial charge is 0.395 e.